The molecule has 0 bridgehead atoms. The average molecular weight is 551 g/mol. The molecular weight excluding hydrogens is 508 g/mol. The lowest BCUT2D eigenvalue weighted by Crippen LogP contribution is -2.42. The Morgan fingerprint density at radius 1 is 0.897 bits per heavy atom. The summed E-state index contributed by atoms with van der Waals surface area (Å²) in [6.45, 7) is 6.12. The molecule has 7 heteroatoms. The van der Waals surface area contributed by atoms with Gasteiger partial charge in [-0.15, -0.1) is 0 Å². The maximum absolute atomic E-state index is 13.2. The van der Waals surface area contributed by atoms with Gasteiger partial charge in [-0.2, -0.15) is 5.10 Å². The first kappa shape index (κ1) is 30.4. The predicted octanol–water partition coefficient (Wildman–Crippen LogP) is 8.29. The maximum Gasteiger partial charge on any atom is 0.245 e. The number of hydrogen-bond donors (Lipinski definition) is 1. The van der Waals surface area contributed by atoms with Gasteiger partial charge in [-0.05, 0) is 32.4 Å². The van der Waals surface area contributed by atoms with Crippen LogP contribution in [-0.2, 0) is 9.59 Å². The third-order valence-electron chi connectivity index (χ3n) is 6.88. The van der Waals surface area contributed by atoms with Crippen LogP contribution in [0.4, 0.5) is 5.82 Å². The summed E-state index contributed by atoms with van der Waals surface area (Å²) in [5.41, 5.74) is 2.31. The molecule has 210 valence electrons. The van der Waals surface area contributed by atoms with E-state index >= 15 is 0 Å². The Balaban J connectivity index is 1.61. The van der Waals surface area contributed by atoms with E-state index in [1.54, 1.807) is 15.6 Å². The van der Waals surface area contributed by atoms with Crippen LogP contribution in [0.25, 0.3) is 16.9 Å². The van der Waals surface area contributed by atoms with E-state index in [0.29, 0.717) is 28.6 Å². The van der Waals surface area contributed by atoms with Crippen molar-refractivity contribution in [2.24, 2.45) is 0 Å². The van der Waals surface area contributed by atoms with Gasteiger partial charge < -0.3 is 10.2 Å². The summed E-state index contributed by atoms with van der Waals surface area (Å²) in [4.78, 5) is 27.9. The van der Waals surface area contributed by atoms with Gasteiger partial charge >= 0.3 is 0 Å². The largest absolute Gasteiger partial charge is 0.331 e. The Hall–Kier alpha value is -3.12. The van der Waals surface area contributed by atoms with Crippen molar-refractivity contribution in [3.63, 3.8) is 0 Å². The van der Waals surface area contributed by atoms with Gasteiger partial charge in [0, 0.05) is 24.1 Å². The molecule has 1 N–H and O–H groups in total. The Labute approximate surface area is 238 Å². The van der Waals surface area contributed by atoms with Crippen molar-refractivity contribution in [3.05, 3.63) is 65.7 Å². The number of anilines is 1. The molecule has 0 fully saturated rings. The molecule has 0 radical (unpaired) electrons. The smallest absolute Gasteiger partial charge is 0.245 e. The first-order valence-corrected chi connectivity index (χ1v) is 14.8. The summed E-state index contributed by atoms with van der Waals surface area (Å²) in [5.74, 6) is 0.256. The number of carbonyl (C=O) groups is 2. The van der Waals surface area contributed by atoms with E-state index in [1.807, 2.05) is 68.4 Å². The number of aromatic nitrogens is 2. The highest BCUT2D eigenvalue weighted by molar-refractivity contribution is 6.32. The van der Waals surface area contributed by atoms with Crippen molar-refractivity contribution >= 4 is 29.2 Å². The molecule has 39 heavy (non-hydrogen) atoms. The van der Waals surface area contributed by atoms with Crippen LogP contribution in [0.3, 0.4) is 0 Å². The molecule has 0 aliphatic heterocycles. The molecule has 2 aromatic carbocycles. The standard InChI is InChI=1S/C32H43ClN4O2/c1-4-5-6-7-8-9-10-11-15-22-32(39)36(25(2)3)24-31(38)34-30-23-28(26-18-13-12-14-19-26)35-37(30)29-21-17-16-20-27(29)33/h12-14,16-21,23,25H,4-11,15,22,24H2,1-3H3,(H,34,38). The maximum atomic E-state index is 13.2. The van der Waals surface area contributed by atoms with Crippen molar-refractivity contribution < 1.29 is 9.59 Å². The lowest BCUT2D eigenvalue weighted by atomic mass is 10.1. The summed E-state index contributed by atoms with van der Waals surface area (Å²) in [7, 11) is 0. The van der Waals surface area contributed by atoms with E-state index in [0.717, 1.165) is 24.8 Å². The fraction of sp³-hybridized carbons (Fsp3) is 0.469. The molecule has 0 atom stereocenters. The highest BCUT2D eigenvalue weighted by atomic mass is 35.5. The summed E-state index contributed by atoms with van der Waals surface area (Å²) in [5, 5.41) is 8.24. The molecule has 0 unspecified atom stereocenters. The van der Waals surface area contributed by atoms with Crippen LogP contribution in [0.1, 0.15) is 85.0 Å². The molecule has 3 aromatic rings. The van der Waals surface area contributed by atoms with Crippen LogP contribution in [0.5, 0.6) is 0 Å². The van der Waals surface area contributed by atoms with Gasteiger partial charge in [0.1, 0.15) is 12.4 Å². The molecule has 0 saturated carbocycles. The quantitative estimate of drug-likeness (QED) is 0.182. The lowest BCUT2D eigenvalue weighted by Gasteiger charge is -2.26. The molecule has 0 spiro atoms. The molecule has 1 aromatic heterocycles. The summed E-state index contributed by atoms with van der Waals surface area (Å²) in [6, 6.07) is 18.9. The van der Waals surface area contributed by atoms with Gasteiger partial charge in [-0.25, -0.2) is 4.68 Å². The minimum Gasteiger partial charge on any atom is -0.331 e. The third kappa shape index (κ3) is 9.54. The highest BCUT2D eigenvalue weighted by Gasteiger charge is 2.22. The normalized spacial score (nSPS) is 11.1. The van der Waals surface area contributed by atoms with Crippen molar-refractivity contribution in [3.8, 4) is 16.9 Å². The van der Waals surface area contributed by atoms with E-state index in [1.165, 1.54) is 38.5 Å². The number of rotatable bonds is 16. The highest BCUT2D eigenvalue weighted by Crippen LogP contribution is 2.28. The SMILES string of the molecule is CCCCCCCCCCCC(=O)N(CC(=O)Nc1cc(-c2ccccc2)nn1-c1ccccc1Cl)C(C)C. The van der Waals surface area contributed by atoms with Crippen molar-refractivity contribution in [2.45, 2.75) is 91.0 Å². The van der Waals surface area contributed by atoms with Gasteiger partial charge in [0.25, 0.3) is 0 Å². The Bertz CT molecular complexity index is 1180. The van der Waals surface area contributed by atoms with Crippen LogP contribution in [0, 0.1) is 0 Å². The second-order valence-electron chi connectivity index (χ2n) is 10.4. The zero-order chi connectivity index (χ0) is 28.0. The third-order valence-corrected chi connectivity index (χ3v) is 7.20. The van der Waals surface area contributed by atoms with Gasteiger partial charge in [0.2, 0.25) is 11.8 Å². The number of carbonyl (C=O) groups excluding carboxylic acids is 2. The fourth-order valence-corrected chi connectivity index (χ4v) is 4.87. The monoisotopic (exact) mass is 550 g/mol. The molecule has 0 aliphatic rings. The van der Waals surface area contributed by atoms with Gasteiger partial charge in [-0.3, -0.25) is 9.59 Å². The minimum absolute atomic E-state index is 0.0116. The predicted molar refractivity (Wildman–Crippen MR) is 161 cm³/mol. The van der Waals surface area contributed by atoms with Crippen LogP contribution < -0.4 is 5.32 Å². The number of amides is 2. The summed E-state index contributed by atoms with van der Waals surface area (Å²) in [6.07, 6.45) is 11.3. The number of nitrogens with zero attached hydrogens (tertiary/aromatic N) is 3. The van der Waals surface area contributed by atoms with E-state index in [-0.39, 0.29) is 24.4 Å². The Morgan fingerprint density at radius 3 is 2.15 bits per heavy atom. The van der Waals surface area contributed by atoms with Gasteiger partial charge in [0.05, 0.1) is 16.4 Å². The Kier molecular flexibility index (Phi) is 12.6. The van der Waals surface area contributed by atoms with Crippen LogP contribution >= 0.6 is 11.6 Å². The van der Waals surface area contributed by atoms with Gasteiger partial charge in [0.15, 0.2) is 0 Å². The summed E-state index contributed by atoms with van der Waals surface area (Å²) < 4.78 is 1.65. The molecule has 1 heterocycles. The summed E-state index contributed by atoms with van der Waals surface area (Å²) >= 11 is 6.47. The number of halogens is 1. The molecule has 2 amide bonds. The van der Waals surface area contributed by atoms with E-state index in [2.05, 4.69) is 12.2 Å². The number of para-hydroxylation sites is 1. The number of unbranched alkanes of at least 4 members (excludes halogenated alkanes) is 8. The lowest BCUT2D eigenvalue weighted by molar-refractivity contribution is -0.136. The number of benzene rings is 2. The molecule has 6 nitrogen and oxygen atoms in total. The molecular formula is C32H43ClN4O2. The Morgan fingerprint density at radius 2 is 1.51 bits per heavy atom. The van der Waals surface area contributed by atoms with E-state index in [9.17, 15) is 9.59 Å². The molecule has 3 rings (SSSR count). The van der Waals surface area contributed by atoms with E-state index in [4.69, 9.17) is 16.7 Å². The topological polar surface area (TPSA) is 67.2 Å². The number of nitrogens with one attached hydrogen (secondary N) is 1. The van der Waals surface area contributed by atoms with Crippen molar-refractivity contribution in [2.75, 3.05) is 11.9 Å². The van der Waals surface area contributed by atoms with Gasteiger partial charge in [-0.1, -0.05) is 112 Å². The van der Waals surface area contributed by atoms with Crippen LogP contribution in [-0.4, -0.2) is 39.1 Å². The molecule has 0 saturated heterocycles. The number of hydrogen-bond acceptors (Lipinski definition) is 3. The van der Waals surface area contributed by atoms with Crippen molar-refractivity contribution in [1.82, 2.24) is 14.7 Å². The van der Waals surface area contributed by atoms with Crippen molar-refractivity contribution in [1.29, 1.82) is 0 Å². The second-order valence-corrected chi connectivity index (χ2v) is 10.8. The second kappa shape index (κ2) is 16.1. The fourth-order valence-electron chi connectivity index (χ4n) is 4.65. The minimum atomic E-state index is -0.267. The van der Waals surface area contributed by atoms with Crippen LogP contribution in [0.2, 0.25) is 5.02 Å². The first-order chi connectivity index (χ1) is 18.9. The zero-order valence-corrected chi connectivity index (χ0v) is 24.4. The first-order valence-electron chi connectivity index (χ1n) is 14.4. The molecule has 0 aliphatic carbocycles. The zero-order valence-electron chi connectivity index (χ0n) is 23.7. The van der Waals surface area contributed by atoms with E-state index < -0.39 is 0 Å². The average Bonchev–Trinajstić information content (AvgIpc) is 3.34. The van der Waals surface area contributed by atoms with Crippen LogP contribution in [0.15, 0.2) is 60.7 Å².